The van der Waals surface area contributed by atoms with Crippen molar-refractivity contribution in [1.82, 2.24) is 15.0 Å². The summed E-state index contributed by atoms with van der Waals surface area (Å²) in [6.07, 6.45) is 1.30. The number of furan rings is 1. The molecule has 182 valence electrons. The van der Waals surface area contributed by atoms with E-state index < -0.39 is 10.8 Å². The van der Waals surface area contributed by atoms with Crippen molar-refractivity contribution < 1.29 is 14.1 Å². The quantitative estimate of drug-likeness (QED) is 0.144. The van der Waals surface area contributed by atoms with E-state index in [0.717, 1.165) is 6.07 Å². The molecule has 37 heavy (non-hydrogen) atoms. The molecular formula is C26H17N5O5S. The van der Waals surface area contributed by atoms with Gasteiger partial charge in [-0.25, -0.2) is 10.4 Å². The van der Waals surface area contributed by atoms with Gasteiger partial charge in [-0.2, -0.15) is 5.10 Å². The van der Waals surface area contributed by atoms with E-state index >= 15 is 0 Å². The van der Waals surface area contributed by atoms with Crippen molar-refractivity contribution in [2.45, 2.75) is 10.2 Å². The van der Waals surface area contributed by atoms with Crippen molar-refractivity contribution in [2.24, 2.45) is 5.10 Å². The van der Waals surface area contributed by atoms with Crippen LogP contribution in [0.3, 0.4) is 0 Å². The van der Waals surface area contributed by atoms with Gasteiger partial charge in [0.25, 0.3) is 17.2 Å². The molecule has 0 unspecified atom stereocenters. The molecule has 0 atom stereocenters. The number of hydrazone groups is 1. The highest BCUT2D eigenvalue weighted by atomic mass is 32.2. The lowest BCUT2D eigenvalue weighted by molar-refractivity contribution is -0.384. The number of nitrogens with zero attached hydrogens (tertiary/aromatic N) is 4. The molecule has 2 heterocycles. The fourth-order valence-corrected chi connectivity index (χ4v) is 4.39. The SMILES string of the molecule is O=C(N/N=C/c1ccc(Sc2nc3ccccc3c(=O)n2-c2ccccc2)o1)c1cccc([N+](=O)[O-])c1. The van der Waals surface area contributed by atoms with Gasteiger partial charge in [-0.15, -0.1) is 0 Å². The molecule has 0 aliphatic heterocycles. The first-order valence-corrected chi connectivity index (χ1v) is 11.7. The van der Waals surface area contributed by atoms with Crippen LogP contribution in [0.2, 0.25) is 0 Å². The van der Waals surface area contributed by atoms with Crippen LogP contribution in [0.15, 0.2) is 116 Å². The van der Waals surface area contributed by atoms with Crippen molar-refractivity contribution in [1.29, 1.82) is 0 Å². The van der Waals surface area contributed by atoms with E-state index in [1.807, 2.05) is 36.4 Å². The van der Waals surface area contributed by atoms with Gasteiger partial charge in [0, 0.05) is 17.7 Å². The molecule has 2 aromatic heterocycles. The molecular weight excluding hydrogens is 494 g/mol. The summed E-state index contributed by atoms with van der Waals surface area (Å²) in [6, 6.07) is 25.0. The fourth-order valence-electron chi connectivity index (χ4n) is 3.51. The van der Waals surface area contributed by atoms with Gasteiger partial charge in [0.15, 0.2) is 10.2 Å². The fraction of sp³-hybridized carbons (Fsp3) is 0. The lowest BCUT2D eigenvalue weighted by Gasteiger charge is -2.12. The normalized spacial score (nSPS) is 11.1. The van der Waals surface area contributed by atoms with Crippen LogP contribution in [0, 0.1) is 10.1 Å². The van der Waals surface area contributed by atoms with Gasteiger partial charge in [-0.1, -0.05) is 36.4 Å². The number of amides is 1. The Morgan fingerprint density at radius 3 is 2.62 bits per heavy atom. The van der Waals surface area contributed by atoms with E-state index in [2.05, 4.69) is 15.5 Å². The van der Waals surface area contributed by atoms with Crippen LogP contribution < -0.4 is 11.0 Å². The first-order valence-electron chi connectivity index (χ1n) is 10.9. The molecule has 0 saturated heterocycles. The molecule has 1 N–H and O–H groups in total. The summed E-state index contributed by atoms with van der Waals surface area (Å²) < 4.78 is 7.32. The third kappa shape index (κ3) is 5.16. The minimum atomic E-state index is -0.603. The number of nitrogens with one attached hydrogen (secondary N) is 1. The number of carbonyl (C=O) groups is 1. The van der Waals surface area contributed by atoms with E-state index in [-0.39, 0.29) is 16.8 Å². The van der Waals surface area contributed by atoms with Crippen LogP contribution >= 0.6 is 11.8 Å². The zero-order chi connectivity index (χ0) is 25.8. The monoisotopic (exact) mass is 511 g/mol. The Kier molecular flexibility index (Phi) is 6.60. The van der Waals surface area contributed by atoms with Gasteiger partial charge in [0.1, 0.15) is 5.76 Å². The third-order valence-electron chi connectivity index (χ3n) is 5.23. The first-order chi connectivity index (χ1) is 18.0. The number of nitro benzene ring substituents is 1. The summed E-state index contributed by atoms with van der Waals surface area (Å²) in [7, 11) is 0. The molecule has 10 nitrogen and oxygen atoms in total. The van der Waals surface area contributed by atoms with E-state index in [1.165, 1.54) is 40.7 Å². The minimum absolute atomic E-state index is 0.100. The smallest absolute Gasteiger partial charge is 0.271 e. The van der Waals surface area contributed by atoms with Crippen molar-refractivity contribution in [2.75, 3.05) is 0 Å². The average Bonchev–Trinajstić information content (AvgIpc) is 3.36. The predicted octanol–water partition coefficient (Wildman–Crippen LogP) is 4.80. The Morgan fingerprint density at radius 1 is 1.03 bits per heavy atom. The van der Waals surface area contributed by atoms with Crippen LogP contribution in [0.5, 0.6) is 0 Å². The van der Waals surface area contributed by atoms with E-state index in [1.54, 1.807) is 30.3 Å². The van der Waals surface area contributed by atoms with E-state index in [0.29, 0.717) is 32.6 Å². The summed E-state index contributed by atoms with van der Waals surface area (Å²) in [5.41, 5.74) is 3.26. The second-order valence-electron chi connectivity index (χ2n) is 7.65. The van der Waals surface area contributed by atoms with Gasteiger partial charge >= 0.3 is 0 Å². The highest BCUT2D eigenvalue weighted by Crippen LogP contribution is 2.29. The Bertz CT molecular complexity index is 1710. The minimum Gasteiger partial charge on any atom is -0.448 e. The lowest BCUT2D eigenvalue weighted by atomic mass is 10.2. The maximum absolute atomic E-state index is 13.3. The maximum Gasteiger partial charge on any atom is 0.271 e. The average molecular weight is 512 g/mol. The Hall–Kier alpha value is -5.03. The molecule has 1 amide bonds. The highest BCUT2D eigenvalue weighted by molar-refractivity contribution is 7.99. The van der Waals surface area contributed by atoms with Gasteiger partial charge < -0.3 is 4.42 Å². The highest BCUT2D eigenvalue weighted by Gasteiger charge is 2.16. The van der Waals surface area contributed by atoms with Crippen molar-refractivity contribution in [3.8, 4) is 5.69 Å². The molecule has 0 aliphatic carbocycles. The number of aromatic nitrogens is 2. The van der Waals surface area contributed by atoms with Crippen LogP contribution in [-0.4, -0.2) is 26.6 Å². The van der Waals surface area contributed by atoms with E-state index in [4.69, 9.17) is 4.42 Å². The summed E-state index contributed by atoms with van der Waals surface area (Å²) in [5, 5.41) is 16.1. The second-order valence-corrected chi connectivity index (χ2v) is 8.62. The Balaban J connectivity index is 1.37. The second kappa shape index (κ2) is 10.3. The first kappa shape index (κ1) is 23.7. The van der Waals surface area contributed by atoms with Crippen molar-refractivity contribution in [3.63, 3.8) is 0 Å². The summed E-state index contributed by atoms with van der Waals surface area (Å²) in [6.45, 7) is 0. The largest absolute Gasteiger partial charge is 0.448 e. The molecule has 0 spiro atoms. The number of hydrogen-bond acceptors (Lipinski definition) is 8. The molecule has 3 aromatic carbocycles. The predicted molar refractivity (Wildman–Crippen MR) is 138 cm³/mol. The van der Waals surface area contributed by atoms with Crippen molar-refractivity contribution >= 4 is 40.5 Å². The maximum atomic E-state index is 13.3. The lowest BCUT2D eigenvalue weighted by Crippen LogP contribution is -2.21. The van der Waals surface area contributed by atoms with Crippen LogP contribution in [0.25, 0.3) is 16.6 Å². The van der Waals surface area contributed by atoms with Gasteiger partial charge in [-0.05, 0) is 54.2 Å². The molecule has 5 rings (SSSR count). The van der Waals surface area contributed by atoms with Gasteiger partial charge in [0.05, 0.1) is 27.7 Å². The number of benzene rings is 3. The zero-order valence-electron chi connectivity index (χ0n) is 19.0. The van der Waals surface area contributed by atoms with Crippen LogP contribution in [0.4, 0.5) is 5.69 Å². The topological polar surface area (TPSA) is 133 Å². The molecule has 0 aliphatic rings. The number of carbonyl (C=O) groups excluding carboxylic acids is 1. The molecule has 0 radical (unpaired) electrons. The number of hydrogen-bond donors (Lipinski definition) is 1. The standard InChI is InChI=1S/C26H17N5O5S/c32-24(17-7-6-10-19(15-17)31(34)35)29-27-16-20-13-14-23(36-20)37-26-28-22-12-5-4-11-21(22)25(33)30(26)18-8-2-1-3-9-18/h1-16H,(H,29,32)/b27-16+. The third-order valence-corrected chi connectivity index (χ3v) is 6.11. The summed E-state index contributed by atoms with van der Waals surface area (Å²) in [4.78, 5) is 40.6. The Labute approximate surface area is 213 Å². The molecule has 5 aromatic rings. The van der Waals surface area contributed by atoms with Crippen LogP contribution in [0.1, 0.15) is 16.1 Å². The summed E-state index contributed by atoms with van der Waals surface area (Å²) >= 11 is 1.17. The molecule has 0 bridgehead atoms. The van der Waals surface area contributed by atoms with Gasteiger partial charge in [-0.3, -0.25) is 24.3 Å². The number of rotatable bonds is 7. The van der Waals surface area contributed by atoms with Crippen LogP contribution in [-0.2, 0) is 0 Å². The molecule has 0 fully saturated rings. The molecule has 11 heteroatoms. The zero-order valence-corrected chi connectivity index (χ0v) is 19.8. The number of para-hydroxylation sites is 2. The van der Waals surface area contributed by atoms with Crippen molar-refractivity contribution in [3.05, 3.63) is 123 Å². The van der Waals surface area contributed by atoms with Gasteiger partial charge in [0.2, 0.25) is 0 Å². The summed E-state index contributed by atoms with van der Waals surface area (Å²) in [5.74, 6) is -0.260. The Morgan fingerprint density at radius 2 is 1.81 bits per heavy atom. The number of fused-ring (bicyclic) bond motifs is 1. The number of non-ortho nitro benzene ring substituents is 1. The number of nitro groups is 1. The molecule has 0 saturated carbocycles. The van der Waals surface area contributed by atoms with E-state index in [9.17, 15) is 19.7 Å².